The Morgan fingerprint density at radius 3 is 1.61 bits per heavy atom. The van der Waals surface area contributed by atoms with Gasteiger partial charge in [-0.25, -0.2) is 15.0 Å². The lowest BCUT2D eigenvalue weighted by atomic mass is 10.0. The van der Waals surface area contributed by atoms with Crippen LogP contribution in [0.5, 0.6) is 0 Å². The van der Waals surface area contributed by atoms with Gasteiger partial charge in [-0.15, -0.1) is 0 Å². The van der Waals surface area contributed by atoms with E-state index in [0.717, 1.165) is 49.9 Å². The van der Waals surface area contributed by atoms with Gasteiger partial charge in [0.05, 0.1) is 0 Å². The summed E-state index contributed by atoms with van der Waals surface area (Å²) in [6.45, 7) is 0. The molecule has 0 saturated heterocycles. The fourth-order valence-corrected chi connectivity index (χ4v) is 5.91. The van der Waals surface area contributed by atoms with Crippen LogP contribution in [0.3, 0.4) is 0 Å². The fourth-order valence-electron chi connectivity index (χ4n) is 5.91. The lowest BCUT2D eigenvalue weighted by Crippen LogP contribution is -2.12. The van der Waals surface area contributed by atoms with E-state index in [4.69, 9.17) is 30.1 Å². The van der Waals surface area contributed by atoms with Crippen LogP contribution < -0.4 is 5.73 Å². The third-order valence-electron chi connectivity index (χ3n) is 8.46. The standard InChI is InChI=1S/C43H31N5O/c44-39(32-17-9-3-10-18-32)45-43-37(27-29-13-5-1-6-14-29)36-26-25-35(28-38(36)49-43)42-47-40(33-19-11-4-12-20-33)46-41(48-42)34-23-21-31(22-24-34)30-15-7-2-8-16-30/h1-26,28H,27H2,(H2,44,45). The van der Waals surface area contributed by atoms with Crippen LogP contribution in [-0.4, -0.2) is 20.8 Å². The Bertz CT molecular complexity index is 2390. The molecule has 2 aromatic heterocycles. The van der Waals surface area contributed by atoms with Gasteiger partial charge >= 0.3 is 0 Å². The summed E-state index contributed by atoms with van der Waals surface area (Å²) in [5, 5.41) is 0.960. The summed E-state index contributed by atoms with van der Waals surface area (Å²) in [6, 6.07) is 54.7. The van der Waals surface area contributed by atoms with Crippen LogP contribution >= 0.6 is 0 Å². The highest BCUT2D eigenvalue weighted by Crippen LogP contribution is 2.37. The van der Waals surface area contributed by atoms with Gasteiger partial charge < -0.3 is 10.2 Å². The van der Waals surface area contributed by atoms with E-state index in [1.54, 1.807) is 0 Å². The summed E-state index contributed by atoms with van der Waals surface area (Å²) >= 11 is 0. The molecule has 6 aromatic carbocycles. The normalized spacial score (nSPS) is 11.6. The molecule has 0 spiro atoms. The highest BCUT2D eigenvalue weighted by molar-refractivity contribution is 6.00. The number of amidine groups is 1. The Balaban J connectivity index is 1.23. The van der Waals surface area contributed by atoms with Gasteiger partial charge in [-0.3, -0.25) is 0 Å². The topological polar surface area (TPSA) is 90.2 Å². The molecular weight excluding hydrogens is 603 g/mol. The first-order valence-corrected chi connectivity index (χ1v) is 16.1. The summed E-state index contributed by atoms with van der Waals surface area (Å²) in [7, 11) is 0. The van der Waals surface area contributed by atoms with Crippen molar-refractivity contribution in [3.8, 4) is 45.3 Å². The molecule has 0 atom stereocenters. The Kier molecular flexibility index (Phi) is 8.02. The van der Waals surface area contributed by atoms with Crippen molar-refractivity contribution in [2.24, 2.45) is 10.7 Å². The van der Waals surface area contributed by atoms with Gasteiger partial charge in [0.1, 0.15) is 11.4 Å². The van der Waals surface area contributed by atoms with Crippen LogP contribution in [0, 0.1) is 0 Å². The van der Waals surface area contributed by atoms with E-state index < -0.39 is 0 Å². The molecule has 0 unspecified atom stereocenters. The second-order valence-corrected chi connectivity index (χ2v) is 11.7. The molecule has 0 radical (unpaired) electrons. The number of furan rings is 1. The smallest absolute Gasteiger partial charge is 0.225 e. The molecule has 6 nitrogen and oxygen atoms in total. The maximum absolute atomic E-state index is 6.48. The largest absolute Gasteiger partial charge is 0.438 e. The molecule has 8 aromatic rings. The van der Waals surface area contributed by atoms with E-state index in [1.807, 2.05) is 109 Å². The number of rotatable bonds is 8. The molecule has 234 valence electrons. The minimum Gasteiger partial charge on any atom is -0.438 e. The fraction of sp³-hybridized carbons (Fsp3) is 0.0233. The van der Waals surface area contributed by atoms with E-state index in [-0.39, 0.29) is 0 Å². The molecule has 2 N–H and O–H groups in total. The number of nitrogens with zero attached hydrogens (tertiary/aromatic N) is 4. The number of hydrogen-bond acceptors (Lipinski definition) is 5. The van der Waals surface area contributed by atoms with Crippen LogP contribution in [0.25, 0.3) is 56.3 Å². The van der Waals surface area contributed by atoms with Crippen molar-refractivity contribution in [2.75, 3.05) is 0 Å². The minimum absolute atomic E-state index is 0.391. The van der Waals surface area contributed by atoms with Crippen LogP contribution in [0.4, 0.5) is 5.88 Å². The monoisotopic (exact) mass is 633 g/mol. The predicted molar refractivity (Wildman–Crippen MR) is 197 cm³/mol. The Morgan fingerprint density at radius 2 is 0.980 bits per heavy atom. The van der Waals surface area contributed by atoms with Crippen molar-refractivity contribution >= 4 is 22.7 Å². The molecule has 0 bridgehead atoms. The molecule has 49 heavy (non-hydrogen) atoms. The predicted octanol–water partition coefficient (Wildman–Crippen LogP) is 9.91. The summed E-state index contributed by atoms with van der Waals surface area (Å²) in [5.74, 6) is 2.61. The maximum Gasteiger partial charge on any atom is 0.225 e. The molecule has 8 rings (SSSR count). The van der Waals surface area contributed by atoms with Crippen LogP contribution in [0.15, 0.2) is 173 Å². The van der Waals surface area contributed by atoms with Gasteiger partial charge in [0, 0.05) is 39.6 Å². The molecule has 2 heterocycles. The lowest BCUT2D eigenvalue weighted by molar-refractivity contribution is 0.622. The van der Waals surface area contributed by atoms with Crippen molar-refractivity contribution in [1.29, 1.82) is 0 Å². The average molecular weight is 634 g/mol. The van der Waals surface area contributed by atoms with Gasteiger partial charge in [0.25, 0.3) is 0 Å². The number of hydrogen-bond donors (Lipinski definition) is 1. The first-order chi connectivity index (χ1) is 24.2. The first-order valence-electron chi connectivity index (χ1n) is 16.1. The summed E-state index contributed by atoms with van der Waals surface area (Å²) in [4.78, 5) is 19.6. The van der Waals surface area contributed by atoms with Crippen molar-refractivity contribution in [3.63, 3.8) is 0 Å². The SMILES string of the molecule is N/C(=N\c1oc2cc(-c3nc(-c4ccccc4)nc(-c4ccc(-c5ccccc5)cc4)n3)ccc2c1Cc1ccccc1)c1ccccc1. The maximum atomic E-state index is 6.48. The third-order valence-corrected chi connectivity index (χ3v) is 8.46. The second kappa shape index (κ2) is 13.2. The Labute approximate surface area is 284 Å². The van der Waals surface area contributed by atoms with Crippen LogP contribution in [-0.2, 0) is 6.42 Å². The highest BCUT2D eigenvalue weighted by Gasteiger charge is 2.18. The van der Waals surface area contributed by atoms with Gasteiger partial charge in [-0.1, -0.05) is 158 Å². The number of nitrogens with two attached hydrogens (primary N) is 1. The van der Waals surface area contributed by atoms with E-state index in [1.165, 1.54) is 0 Å². The number of aliphatic imine (C=N–C) groups is 1. The average Bonchev–Trinajstić information content (AvgIpc) is 3.51. The zero-order chi connectivity index (χ0) is 33.0. The van der Waals surface area contributed by atoms with E-state index in [9.17, 15) is 0 Å². The second-order valence-electron chi connectivity index (χ2n) is 11.7. The Hall–Kier alpha value is -6.66. The van der Waals surface area contributed by atoms with Gasteiger partial charge in [-0.05, 0) is 22.8 Å². The number of benzene rings is 6. The summed E-state index contributed by atoms with van der Waals surface area (Å²) in [5.41, 5.74) is 15.0. The molecule has 0 fully saturated rings. The molecule has 6 heteroatoms. The summed E-state index contributed by atoms with van der Waals surface area (Å²) < 4.78 is 6.47. The van der Waals surface area contributed by atoms with E-state index in [2.05, 4.69) is 54.6 Å². The quantitative estimate of drug-likeness (QED) is 0.133. The molecule has 0 aliphatic carbocycles. The zero-order valence-electron chi connectivity index (χ0n) is 26.6. The third kappa shape index (κ3) is 6.35. The Morgan fingerprint density at radius 1 is 0.510 bits per heavy atom. The number of fused-ring (bicyclic) bond motifs is 1. The van der Waals surface area contributed by atoms with Gasteiger partial charge in [0.2, 0.25) is 5.88 Å². The van der Waals surface area contributed by atoms with Crippen molar-refractivity contribution in [3.05, 3.63) is 180 Å². The van der Waals surface area contributed by atoms with Gasteiger partial charge in [0.15, 0.2) is 17.5 Å². The molecular formula is C43H31N5O. The first kappa shape index (κ1) is 29.7. The molecule has 0 aliphatic heterocycles. The molecule has 0 aliphatic rings. The van der Waals surface area contributed by atoms with Crippen molar-refractivity contribution in [1.82, 2.24) is 15.0 Å². The summed E-state index contributed by atoms with van der Waals surface area (Å²) in [6.07, 6.45) is 0.640. The molecule has 0 saturated carbocycles. The van der Waals surface area contributed by atoms with E-state index >= 15 is 0 Å². The van der Waals surface area contributed by atoms with Gasteiger partial charge in [-0.2, -0.15) is 4.99 Å². The van der Waals surface area contributed by atoms with Crippen molar-refractivity contribution < 1.29 is 4.42 Å². The lowest BCUT2D eigenvalue weighted by Gasteiger charge is -2.09. The number of aromatic nitrogens is 3. The van der Waals surface area contributed by atoms with Crippen molar-refractivity contribution in [2.45, 2.75) is 6.42 Å². The van der Waals surface area contributed by atoms with Crippen LogP contribution in [0.2, 0.25) is 0 Å². The molecule has 0 amide bonds. The zero-order valence-corrected chi connectivity index (χ0v) is 26.6. The minimum atomic E-state index is 0.391. The highest BCUT2D eigenvalue weighted by atomic mass is 16.3. The van der Waals surface area contributed by atoms with E-state index in [0.29, 0.717) is 41.2 Å². The van der Waals surface area contributed by atoms with Crippen LogP contribution in [0.1, 0.15) is 16.7 Å².